The molecular formula is C14H20N2O4. The molecule has 0 spiro atoms. The molecular weight excluding hydrogens is 260 g/mol. The summed E-state index contributed by atoms with van der Waals surface area (Å²) in [5.74, 6) is -2.54. The van der Waals surface area contributed by atoms with Crippen molar-refractivity contribution in [1.29, 1.82) is 0 Å². The molecule has 1 heterocycles. The van der Waals surface area contributed by atoms with Crippen LogP contribution < -0.4 is 0 Å². The predicted molar refractivity (Wildman–Crippen MR) is 72.9 cm³/mol. The van der Waals surface area contributed by atoms with E-state index in [1.807, 2.05) is 12.1 Å². The van der Waals surface area contributed by atoms with Crippen LogP contribution in [0.25, 0.3) is 0 Å². The molecule has 0 bridgehead atoms. The lowest BCUT2D eigenvalue weighted by Crippen LogP contribution is -2.38. The molecule has 1 amide bonds. The summed E-state index contributed by atoms with van der Waals surface area (Å²) in [7, 11) is 1.59. The van der Waals surface area contributed by atoms with Gasteiger partial charge in [-0.2, -0.15) is 0 Å². The highest BCUT2D eigenvalue weighted by atomic mass is 16.5. The van der Waals surface area contributed by atoms with Crippen molar-refractivity contribution in [2.45, 2.75) is 19.9 Å². The number of hydrogen-bond donors (Lipinski definition) is 1. The van der Waals surface area contributed by atoms with Crippen LogP contribution in [0, 0.1) is 5.92 Å². The standard InChI is InChI=1S/C14H20N2O4/c1-11(14(18)19)13(17)16(8-3-9-20-2)10-12-4-6-15-7-5-12/h4-7,11H,3,8-10H2,1-2H3,(H,18,19). The van der Waals surface area contributed by atoms with Crippen molar-refractivity contribution >= 4 is 11.9 Å². The fraction of sp³-hybridized carbons (Fsp3) is 0.500. The summed E-state index contributed by atoms with van der Waals surface area (Å²) < 4.78 is 4.97. The summed E-state index contributed by atoms with van der Waals surface area (Å²) in [5.41, 5.74) is 0.920. The van der Waals surface area contributed by atoms with Gasteiger partial charge in [0.25, 0.3) is 0 Å². The lowest BCUT2D eigenvalue weighted by molar-refractivity contribution is -0.150. The number of pyridine rings is 1. The number of aromatic nitrogens is 1. The summed E-state index contributed by atoms with van der Waals surface area (Å²) in [5, 5.41) is 8.96. The summed E-state index contributed by atoms with van der Waals surface area (Å²) in [6.45, 7) is 2.78. The van der Waals surface area contributed by atoms with Crippen LogP contribution >= 0.6 is 0 Å². The van der Waals surface area contributed by atoms with Gasteiger partial charge in [0.2, 0.25) is 5.91 Å². The Balaban J connectivity index is 2.74. The van der Waals surface area contributed by atoms with Crippen LogP contribution in [0.4, 0.5) is 0 Å². The van der Waals surface area contributed by atoms with Gasteiger partial charge in [-0.05, 0) is 31.0 Å². The molecule has 1 rings (SSSR count). The first-order chi connectivity index (χ1) is 9.56. The van der Waals surface area contributed by atoms with Gasteiger partial charge in [0, 0.05) is 39.2 Å². The quantitative estimate of drug-likeness (QED) is 0.571. The highest BCUT2D eigenvalue weighted by Gasteiger charge is 2.25. The lowest BCUT2D eigenvalue weighted by Gasteiger charge is -2.24. The Morgan fingerprint density at radius 3 is 2.60 bits per heavy atom. The average molecular weight is 280 g/mol. The van der Waals surface area contributed by atoms with E-state index in [0.29, 0.717) is 26.1 Å². The third-order valence-electron chi connectivity index (χ3n) is 2.95. The first-order valence-corrected chi connectivity index (χ1v) is 6.45. The molecule has 1 aromatic heterocycles. The summed E-state index contributed by atoms with van der Waals surface area (Å²) in [4.78, 5) is 28.6. The van der Waals surface area contributed by atoms with Crippen LogP contribution in [0.15, 0.2) is 24.5 Å². The van der Waals surface area contributed by atoms with Crippen molar-refractivity contribution in [2.24, 2.45) is 5.92 Å². The Labute approximate surface area is 118 Å². The molecule has 0 aliphatic rings. The maximum Gasteiger partial charge on any atom is 0.315 e. The first kappa shape index (κ1) is 16.1. The minimum Gasteiger partial charge on any atom is -0.481 e. The molecule has 0 fully saturated rings. The Morgan fingerprint density at radius 2 is 2.05 bits per heavy atom. The van der Waals surface area contributed by atoms with E-state index in [9.17, 15) is 9.59 Å². The van der Waals surface area contributed by atoms with Crippen molar-refractivity contribution in [3.63, 3.8) is 0 Å². The smallest absolute Gasteiger partial charge is 0.315 e. The van der Waals surface area contributed by atoms with E-state index in [2.05, 4.69) is 4.98 Å². The predicted octanol–water partition coefficient (Wildman–Crippen LogP) is 1.17. The molecule has 6 heteroatoms. The number of rotatable bonds is 8. The van der Waals surface area contributed by atoms with Crippen LogP contribution in [0.5, 0.6) is 0 Å². The fourth-order valence-corrected chi connectivity index (χ4v) is 1.75. The van der Waals surface area contributed by atoms with Crippen LogP contribution in [0.3, 0.4) is 0 Å². The van der Waals surface area contributed by atoms with E-state index in [1.165, 1.54) is 6.92 Å². The molecule has 1 atom stereocenters. The maximum absolute atomic E-state index is 12.2. The fourth-order valence-electron chi connectivity index (χ4n) is 1.75. The van der Waals surface area contributed by atoms with Gasteiger partial charge in [0.05, 0.1) is 0 Å². The molecule has 110 valence electrons. The zero-order valence-corrected chi connectivity index (χ0v) is 11.8. The molecule has 0 aromatic carbocycles. The highest BCUT2D eigenvalue weighted by Crippen LogP contribution is 2.10. The van der Waals surface area contributed by atoms with Crippen LogP contribution in [0.2, 0.25) is 0 Å². The second kappa shape index (κ2) is 8.27. The van der Waals surface area contributed by atoms with E-state index in [0.717, 1.165) is 5.56 Å². The molecule has 0 radical (unpaired) electrons. The van der Waals surface area contributed by atoms with E-state index >= 15 is 0 Å². The van der Waals surface area contributed by atoms with Gasteiger partial charge in [-0.15, -0.1) is 0 Å². The number of ether oxygens (including phenoxy) is 1. The van der Waals surface area contributed by atoms with Gasteiger partial charge in [0.1, 0.15) is 5.92 Å². The van der Waals surface area contributed by atoms with Gasteiger partial charge in [-0.3, -0.25) is 14.6 Å². The molecule has 1 unspecified atom stereocenters. The van der Waals surface area contributed by atoms with Crippen molar-refractivity contribution in [3.05, 3.63) is 30.1 Å². The summed E-state index contributed by atoms with van der Waals surface area (Å²) in [6, 6.07) is 3.62. The maximum atomic E-state index is 12.2. The van der Waals surface area contributed by atoms with Gasteiger partial charge in [0.15, 0.2) is 0 Å². The molecule has 0 aliphatic heterocycles. The molecule has 6 nitrogen and oxygen atoms in total. The van der Waals surface area contributed by atoms with Crippen molar-refractivity contribution in [2.75, 3.05) is 20.3 Å². The van der Waals surface area contributed by atoms with Crippen LogP contribution in [0.1, 0.15) is 18.9 Å². The minimum absolute atomic E-state index is 0.378. The monoisotopic (exact) mass is 280 g/mol. The Hall–Kier alpha value is -1.95. The third-order valence-corrected chi connectivity index (χ3v) is 2.95. The number of carboxylic acids is 1. The second-order valence-electron chi connectivity index (χ2n) is 4.52. The lowest BCUT2D eigenvalue weighted by atomic mass is 10.1. The minimum atomic E-state index is -1.11. The zero-order chi connectivity index (χ0) is 15.0. The number of amides is 1. The van der Waals surface area contributed by atoms with Crippen molar-refractivity contribution in [3.8, 4) is 0 Å². The zero-order valence-electron chi connectivity index (χ0n) is 11.8. The largest absolute Gasteiger partial charge is 0.481 e. The number of carbonyl (C=O) groups is 2. The summed E-state index contributed by atoms with van der Waals surface area (Å²) >= 11 is 0. The van der Waals surface area contributed by atoms with Crippen molar-refractivity contribution in [1.82, 2.24) is 9.88 Å². The highest BCUT2D eigenvalue weighted by molar-refractivity contribution is 5.96. The second-order valence-corrected chi connectivity index (χ2v) is 4.52. The Bertz CT molecular complexity index is 436. The summed E-state index contributed by atoms with van der Waals surface area (Å²) in [6.07, 6.45) is 3.96. The molecule has 0 aliphatic carbocycles. The molecule has 0 saturated carbocycles. The van der Waals surface area contributed by atoms with Gasteiger partial charge in [-0.25, -0.2) is 0 Å². The molecule has 20 heavy (non-hydrogen) atoms. The number of nitrogens with zero attached hydrogens (tertiary/aromatic N) is 2. The Kier molecular flexibility index (Phi) is 6.66. The first-order valence-electron chi connectivity index (χ1n) is 6.45. The van der Waals surface area contributed by atoms with E-state index in [1.54, 1.807) is 24.4 Å². The molecule has 1 N–H and O–H groups in total. The molecule has 1 aromatic rings. The van der Waals surface area contributed by atoms with E-state index in [4.69, 9.17) is 9.84 Å². The number of carboxylic acid groups (broad SMARTS) is 1. The third kappa shape index (κ3) is 4.97. The van der Waals surface area contributed by atoms with E-state index in [-0.39, 0.29) is 5.91 Å². The van der Waals surface area contributed by atoms with Gasteiger partial charge >= 0.3 is 5.97 Å². The number of aliphatic carboxylic acids is 1. The SMILES string of the molecule is COCCCN(Cc1ccncc1)C(=O)C(C)C(=O)O. The average Bonchev–Trinajstić information content (AvgIpc) is 2.46. The molecule has 0 saturated heterocycles. The normalized spacial score (nSPS) is 11.9. The Morgan fingerprint density at radius 1 is 1.40 bits per heavy atom. The van der Waals surface area contributed by atoms with E-state index < -0.39 is 11.9 Å². The number of hydrogen-bond acceptors (Lipinski definition) is 4. The van der Waals surface area contributed by atoms with Crippen LogP contribution in [-0.4, -0.2) is 47.1 Å². The van der Waals surface area contributed by atoms with Crippen molar-refractivity contribution < 1.29 is 19.4 Å². The number of methoxy groups -OCH3 is 1. The van der Waals surface area contributed by atoms with Crippen LogP contribution in [-0.2, 0) is 20.9 Å². The topological polar surface area (TPSA) is 79.7 Å². The van der Waals surface area contributed by atoms with Gasteiger partial charge < -0.3 is 14.7 Å². The number of carbonyl (C=O) groups excluding carboxylic acids is 1. The van der Waals surface area contributed by atoms with Gasteiger partial charge in [-0.1, -0.05) is 0 Å².